The number of aromatic nitrogens is 1. The van der Waals surface area contributed by atoms with Gasteiger partial charge in [-0.25, -0.2) is 0 Å². The van der Waals surface area contributed by atoms with E-state index in [4.69, 9.17) is 0 Å². The van der Waals surface area contributed by atoms with Crippen LogP contribution in [0.5, 0.6) is 0 Å². The maximum Gasteiger partial charge on any atom is 0.191 e. The second-order valence-electron chi connectivity index (χ2n) is 7.27. The summed E-state index contributed by atoms with van der Waals surface area (Å²) < 4.78 is 0. The Labute approximate surface area is 160 Å². The minimum atomic E-state index is 0.236. The molecule has 0 atom stereocenters. The van der Waals surface area contributed by atoms with Crippen LogP contribution in [-0.4, -0.2) is 24.5 Å². The topological polar surface area (TPSA) is 49.3 Å². The smallest absolute Gasteiger partial charge is 0.191 e. The third kappa shape index (κ3) is 3.65. The molecule has 0 radical (unpaired) electrons. The summed E-state index contributed by atoms with van der Waals surface area (Å²) in [5.74, 6) is 0.838. The second kappa shape index (κ2) is 7.78. The third-order valence-electron chi connectivity index (χ3n) is 5.68. The molecule has 0 unspecified atom stereocenters. The number of nitrogens with zero attached hydrogens (tertiary/aromatic N) is 2. The van der Waals surface area contributed by atoms with E-state index < -0.39 is 0 Å². The monoisotopic (exact) mass is 358 g/mol. The molecule has 1 fully saturated rings. The van der Waals surface area contributed by atoms with Gasteiger partial charge in [-0.05, 0) is 30.0 Å². The van der Waals surface area contributed by atoms with Crippen molar-refractivity contribution in [3.8, 4) is 0 Å². The molecular formula is C23H26N4. The summed E-state index contributed by atoms with van der Waals surface area (Å²) in [6.07, 6.45) is 5.60. The van der Waals surface area contributed by atoms with Gasteiger partial charge in [0.1, 0.15) is 0 Å². The van der Waals surface area contributed by atoms with Crippen LogP contribution in [0.15, 0.2) is 71.9 Å². The Balaban J connectivity index is 1.41. The zero-order chi connectivity index (χ0) is 18.5. The van der Waals surface area contributed by atoms with E-state index in [-0.39, 0.29) is 5.41 Å². The predicted octanol–water partition coefficient (Wildman–Crippen LogP) is 4.02. The number of para-hydroxylation sites is 1. The van der Waals surface area contributed by atoms with E-state index in [0.717, 1.165) is 23.4 Å². The summed E-state index contributed by atoms with van der Waals surface area (Å²) in [6.45, 7) is 1.61. The molecule has 0 amide bonds. The molecule has 0 aliphatic heterocycles. The van der Waals surface area contributed by atoms with E-state index >= 15 is 0 Å². The minimum Gasteiger partial charge on any atom is -0.356 e. The Morgan fingerprint density at radius 1 is 1.00 bits per heavy atom. The van der Waals surface area contributed by atoms with Gasteiger partial charge in [-0.3, -0.25) is 9.98 Å². The highest BCUT2D eigenvalue weighted by molar-refractivity contribution is 5.83. The van der Waals surface area contributed by atoms with Crippen LogP contribution in [0, 0.1) is 0 Å². The van der Waals surface area contributed by atoms with Crippen molar-refractivity contribution in [3.05, 3.63) is 78.0 Å². The SMILES string of the molecule is CN=C(NCc1cccc2cccnc12)NCC1(c2ccccc2)CCC1. The number of aliphatic imine (C=N–C) groups is 1. The van der Waals surface area contributed by atoms with Crippen molar-refractivity contribution in [2.75, 3.05) is 13.6 Å². The van der Waals surface area contributed by atoms with E-state index in [9.17, 15) is 0 Å². The summed E-state index contributed by atoms with van der Waals surface area (Å²) in [6, 6.07) is 21.2. The molecule has 4 nitrogen and oxygen atoms in total. The molecule has 2 aromatic carbocycles. The van der Waals surface area contributed by atoms with Crippen LogP contribution in [-0.2, 0) is 12.0 Å². The summed E-state index contributed by atoms with van der Waals surface area (Å²) >= 11 is 0. The average molecular weight is 358 g/mol. The number of rotatable bonds is 5. The van der Waals surface area contributed by atoms with E-state index in [0.29, 0.717) is 6.54 Å². The number of guanidine groups is 1. The van der Waals surface area contributed by atoms with Gasteiger partial charge in [0.05, 0.1) is 5.52 Å². The molecule has 138 valence electrons. The fourth-order valence-corrected chi connectivity index (χ4v) is 3.93. The van der Waals surface area contributed by atoms with Crippen molar-refractivity contribution in [3.63, 3.8) is 0 Å². The van der Waals surface area contributed by atoms with Crippen molar-refractivity contribution < 1.29 is 0 Å². The fraction of sp³-hybridized carbons (Fsp3) is 0.304. The summed E-state index contributed by atoms with van der Waals surface area (Å²) in [4.78, 5) is 8.94. The van der Waals surface area contributed by atoms with Crippen molar-refractivity contribution in [2.45, 2.75) is 31.2 Å². The van der Waals surface area contributed by atoms with Crippen molar-refractivity contribution in [1.82, 2.24) is 15.6 Å². The molecule has 0 bridgehead atoms. The first-order valence-electron chi connectivity index (χ1n) is 9.63. The van der Waals surface area contributed by atoms with Gasteiger partial charge >= 0.3 is 0 Å². The molecule has 3 aromatic rings. The molecule has 2 N–H and O–H groups in total. The number of nitrogens with one attached hydrogen (secondary N) is 2. The molecule has 1 aliphatic rings. The van der Waals surface area contributed by atoms with Gasteiger partial charge in [-0.1, -0.05) is 61.0 Å². The molecule has 1 heterocycles. The molecule has 0 saturated heterocycles. The molecule has 1 saturated carbocycles. The van der Waals surface area contributed by atoms with Crippen LogP contribution in [0.25, 0.3) is 10.9 Å². The van der Waals surface area contributed by atoms with Gasteiger partial charge in [0.2, 0.25) is 0 Å². The predicted molar refractivity (Wildman–Crippen MR) is 112 cm³/mol. The lowest BCUT2D eigenvalue weighted by Gasteiger charge is -2.43. The van der Waals surface area contributed by atoms with Crippen LogP contribution >= 0.6 is 0 Å². The normalized spacial score (nSPS) is 16.0. The Morgan fingerprint density at radius 2 is 1.81 bits per heavy atom. The van der Waals surface area contributed by atoms with Crippen LogP contribution in [0.2, 0.25) is 0 Å². The summed E-state index contributed by atoms with van der Waals surface area (Å²) in [7, 11) is 1.83. The van der Waals surface area contributed by atoms with Crippen molar-refractivity contribution in [1.29, 1.82) is 0 Å². The number of benzene rings is 2. The first-order chi connectivity index (χ1) is 13.3. The van der Waals surface area contributed by atoms with Gasteiger partial charge in [-0.2, -0.15) is 0 Å². The average Bonchev–Trinajstić information content (AvgIpc) is 2.70. The largest absolute Gasteiger partial charge is 0.356 e. The van der Waals surface area contributed by atoms with Crippen LogP contribution in [0.3, 0.4) is 0 Å². The highest BCUT2D eigenvalue weighted by Crippen LogP contribution is 2.43. The lowest BCUT2D eigenvalue weighted by atomic mass is 9.64. The van der Waals surface area contributed by atoms with Crippen LogP contribution in [0.4, 0.5) is 0 Å². The Kier molecular flexibility index (Phi) is 5.05. The summed E-state index contributed by atoms with van der Waals surface area (Å²) in [5, 5.41) is 8.16. The second-order valence-corrected chi connectivity index (χ2v) is 7.27. The van der Waals surface area contributed by atoms with E-state index in [1.54, 1.807) is 0 Å². The number of fused-ring (bicyclic) bond motifs is 1. The number of hydrogen-bond acceptors (Lipinski definition) is 2. The molecule has 0 spiro atoms. The van der Waals surface area contributed by atoms with Gasteiger partial charge in [0, 0.05) is 37.1 Å². The Bertz CT molecular complexity index is 924. The van der Waals surface area contributed by atoms with Gasteiger partial charge in [0.15, 0.2) is 5.96 Å². The number of hydrogen-bond donors (Lipinski definition) is 2. The highest BCUT2D eigenvalue weighted by atomic mass is 15.2. The van der Waals surface area contributed by atoms with Crippen molar-refractivity contribution >= 4 is 16.9 Å². The highest BCUT2D eigenvalue weighted by Gasteiger charge is 2.38. The first kappa shape index (κ1) is 17.5. The van der Waals surface area contributed by atoms with Crippen LogP contribution in [0.1, 0.15) is 30.4 Å². The third-order valence-corrected chi connectivity index (χ3v) is 5.68. The van der Waals surface area contributed by atoms with Gasteiger partial charge < -0.3 is 10.6 Å². The Hall–Kier alpha value is -2.88. The standard InChI is InChI=1S/C23H26N4/c1-24-22(26-16-19-9-5-8-18-10-6-15-25-21(18)19)27-17-23(13-7-14-23)20-11-3-2-4-12-20/h2-6,8-12,15H,7,13-14,16-17H2,1H3,(H2,24,26,27). The fourth-order valence-electron chi connectivity index (χ4n) is 3.93. The van der Waals surface area contributed by atoms with E-state index in [1.807, 2.05) is 19.3 Å². The maximum atomic E-state index is 4.53. The molecule has 27 heavy (non-hydrogen) atoms. The minimum absolute atomic E-state index is 0.236. The lowest BCUT2D eigenvalue weighted by molar-refractivity contribution is 0.244. The van der Waals surface area contributed by atoms with Crippen LogP contribution < -0.4 is 10.6 Å². The number of pyridine rings is 1. The zero-order valence-electron chi connectivity index (χ0n) is 15.8. The molecule has 1 aliphatic carbocycles. The molecule has 1 aromatic heterocycles. The van der Waals surface area contributed by atoms with E-state index in [2.05, 4.69) is 75.2 Å². The summed E-state index contributed by atoms with van der Waals surface area (Å²) in [5.41, 5.74) is 3.89. The molecule has 4 rings (SSSR count). The molecule has 4 heteroatoms. The molecular weight excluding hydrogens is 332 g/mol. The quantitative estimate of drug-likeness (QED) is 0.535. The maximum absolute atomic E-state index is 4.53. The van der Waals surface area contributed by atoms with E-state index in [1.165, 1.54) is 30.4 Å². The van der Waals surface area contributed by atoms with Gasteiger partial charge in [0.25, 0.3) is 0 Å². The lowest BCUT2D eigenvalue weighted by Crippen LogP contribution is -2.48. The zero-order valence-corrected chi connectivity index (χ0v) is 15.8. The Morgan fingerprint density at radius 3 is 2.56 bits per heavy atom. The van der Waals surface area contributed by atoms with Gasteiger partial charge in [-0.15, -0.1) is 0 Å². The first-order valence-corrected chi connectivity index (χ1v) is 9.63. The van der Waals surface area contributed by atoms with Crippen molar-refractivity contribution in [2.24, 2.45) is 4.99 Å².